The Morgan fingerprint density at radius 1 is 1.00 bits per heavy atom. The van der Waals surface area contributed by atoms with E-state index in [4.69, 9.17) is 18.0 Å². The van der Waals surface area contributed by atoms with Gasteiger partial charge in [-0.05, 0) is 92.8 Å². The molecule has 6 rings (SSSR count). The van der Waals surface area contributed by atoms with E-state index in [1.165, 1.54) is 56.4 Å². The van der Waals surface area contributed by atoms with Crippen molar-refractivity contribution in [1.29, 1.82) is 0 Å². The Bertz CT molecular complexity index is 705. The van der Waals surface area contributed by atoms with Crippen molar-refractivity contribution in [3.63, 3.8) is 0 Å². The lowest BCUT2D eigenvalue weighted by molar-refractivity contribution is -0.147. The molecule has 3 N–H and O–H groups in total. The summed E-state index contributed by atoms with van der Waals surface area (Å²) in [6, 6.07) is 0.960. The molecule has 0 aliphatic heterocycles. The van der Waals surface area contributed by atoms with Crippen LogP contribution in [0.4, 0.5) is 0 Å². The molecule has 0 heterocycles. The maximum Gasteiger partial charge on any atom is 0.0818 e. The van der Waals surface area contributed by atoms with E-state index >= 15 is 0 Å². The van der Waals surface area contributed by atoms with E-state index < -0.39 is 0 Å². The molecule has 0 amide bonds. The molecule has 0 radical (unpaired) electrons. The first-order chi connectivity index (χ1) is 13.3. The molecule has 154 valence electrons. The Morgan fingerprint density at radius 3 is 2.46 bits per heavy atom. The van der Waals surface area contributed by atoms with Gasteiger partial charge in [0.25, 0.3) is 0 Å². The van der Waals surface area contributed by atoms with Gasteiger partial charge in [0.2, 0.25) is 0 Å². The lowest BCUT2D eigenvalue weighted by atomic mass is 9.37. The van der Waals surface area contributed by atoms with Gasteiger partial charge in [-0.1, -0.05) is 50.4 Å². The smallest absolute Gasteiger partial charge is 0.0818 e. The van der Waals surface area contributed by atoms with E-state index in [9.17, 15) is 0 Å². The number of nitrogens with one attached hydrogen (secondary N) is 1. The number of nitrogens with two attached hydrogens (primary N) is 1. The second-order valence-electron chi connectivity index (χ2n) is 11.7. The Labute approximate surface area is 176 Å². The molecular weight excluding hydrogens is 360 g/mol. The molecule has 0 aromatic carbocycles. The fourth-order valence-corrected chi connectivity index (χ4v) is 9.10. The van der Waals surface area contributed by atoms with Crippen LogP contribution in [0.25, 0.3) is 0 Å². The average Bonchev–Trinajstić information content (AvgIpc) is 2.62. The molecule has 28 heavy (non-hydrogen) atoms. The molecule has 5 fully saturated rings. The van der Waals surface area contributed by atoms with Gasteiger partial charge in [0.1, 0.15) is 0 Å². The Morgan fingerprint density at radius 2 is 1.75 bits per heavy atom. The van der Waals surface area contributed by atoms with Crippen LogP contribution in [-0.4, -0.2) is 17.1 Å². The monoisotopic (exact) mass is 398 g/mol. The molecule has 0 aromatic rings. The average molecular weight is 399 g/mol. The molecule has 6 aliphatic rings. The van der Waals surface area contributed by atoms with Crippen LogP contribution >= 0.6 is 12.2 Å². The van der Waals surface area contributed by atoms with Crippen LogP contribution < -0.4 is 11.1 Å². The third kappa shape index (κ3) is 3.12. The molecular formula is C25H38N2S. The lowest BCUT2D eigenvalue weighted by Gasteiger charge is -2.68. The zero-order valence-corrected chi connectivity index (χ0v) is 18.6. The summed E-state index contributed by atoms with van der Waals surface area (Å²) in [5, 5.41) is 3.89. The molecule has 6 atom stereocenters. The summed E-state index contributed by atoms with van der Waals surface area (Å²) in [5.74, 6) is 2.21. The summed E-state index contributed by atoms with van der Waals surface area (Å²) in [7, 11) is 0. The van der Waals surface area contributed by atoms with Crippen molar-refractivity contribution in [3.05, 3.63) is 24.3 Å². The fraction of sp³-hybridized carbons (Fsp3) is 0.800. The predicted molar refractivity (Wildman–Crippen MR) is 121 cm³/mol. The van der Waals surface area contributed by atoms with Crippen molar-refractivity contribution in [2.75, 3.05) is 0 Å². The highest BCUT2D eigenvalue weighted by Gasteiger charge is 2.64. The lowest BCUT2D eigenvalue weighted by Crippen LogP contribution is -2.63. The standard InChI is InChI=1S/C25H38N2S/c1-17-5-3-4-6-21(17)24-12-18-11-23(2,14-24)15-25(13-18,16-24)22(28)27-20-9-7-19(26)8-10-20/h3-6,17-21H,7-16,26H2,1-2H3,(H,27,28)/t17?,18?,19-,20+,21?,23-,24-,25?/m1/s1. The van der Waals surface area contributed by atoms with Crippen molar-refractivity contribution in [1.82, 2.24) is 5.32 Å². The van der Waals surface area contributed by atoms with Gasteiger partial charge in [-0.2, -0.15) is 0 Å². The number of allylic oxidation sites excluding steroid dienone is 4. The zero-order chi connectivity index (χ0) is 19.6. The molecule has 0 aromatic heterocycles. The molecule has 4 bridgehead atoms. The maximum absolute atomic E-state index is 6.21. The third-order valence-corrected chi connectivity index (χ3v) is 9.65. The highest BCUT2D eigenvalue weighted by Crippen LogP contribution is 2.72. The molecule has 0 saturated heterocycles. The van der Waals surface area contributed by atoms with Crippen molar-refractivity contribution in [3.8, 4) is 0 Å². The van der Waals surface area contributed by atoms with Crippen LogP contribution in [0, 0.1) is 34.0 Å². The highest BCUT2D eigenvalue weighted by molar-refractivity contribution is 7.80. The van der Waals surface area contributed by atoms with Crippen LogP contribution in [-0.2, 0) is 0 Å². The van der Waals surface area contributed by atoms with E-state index in [-0.39, 0.29) is 5.41 Å². The minimum absolute atomic E-state index is 0.248. The Kier molecular flexibility index (Phi) is 4.60. The van der Waals surface area contributed by atoms with E-state index in [0.717, 1.165) is 18.8 Å². The maximum atomic E-state index is 6.21. The normalized spacial score (nSPS) is 52.0. The van der Waals surface area contributed by atoms with Gasteiger partial charge in [0, 0.05) is 17.5 Å². The molecule has 4 unspecified atom stereocenters. The predicted octanol–water partition coefficient (Wildman–Crippen LogP) is 5.53. The first-order valence-corrected chi connectivity index (χ1v) is 12.1. The Balaban J connectivity index is 1.41. The number of rotatable bonds is 3. The van der Waals surface area contributed by atoms with Crippen molar-refractivity contribution >= 4 is 17.2 Å². The van der Waals surface area contributed by atoms with Crippen LogP contribution in [0.2, 0.25) is 0 Å². The minimum atomic E-state index is 0.248. The van der Waals surface area contributed by atoms with Crippen molar-refractivity contribution < 1.29 is 0 Å². The summed E-state index contributed by atoms with van der Waals surface area (Å²) in [6.45, 7) is 5.01. The van der Waals surface area contributed by atoms with Gasteiger partial charge in [-0.25, -0.2) is 0 Å². The molecule has 2 nitrogen and oxygen atoms in total. The van der Waals surface area contributed by atoms with Gasteiger partial charge < -0.3 is 11.1 Å². The largest absolute Gasteiger partial charge is 0.376 e. The molecule has 5 saturated carbocycles. The zero-order valence-electron chi connectivity index (χ0n) is 17.8. The number of thiocarbonyl (C=S) groups is 1. The summed E-state index contributed by atoms with van der Waals surface area (Å²) < 4.78 is 0. The fourth-order valence-electron chi connectivity index (χ4n) is 8.71. The Hall–Kier alpha value is -0.670. The highest BCUT2D eigenvalue weighted by atomic mass is 32.1. The van der Waals surface area contributed by atoms with Gasteiger partial charge >= 0.3 is 0 Å². The second kappa shape index (κ2) is 6.67. The van der Waals surface area contributed by atoms with E-state index in [1.54, 1.807) is 0 Å². The SMILES string of the molecule is CC1C=CC=CC1[C@]12CC3CC(C(=S)N[C@H]4CC[C@@H](N)CC4)(C[C@](C)(C3)C1)C2. The first kappa shape index (κ1) is 19.3. The van der Waals surface area contributed by atoms with E-state index in [2.05, 4.69) is 43.5 Å². The van der Waals surface area contributed by atoms with Gasteiger partial charge in [-0.15, -0.1) is 0 Å². The van der Waals surface area contributed by atoms with Gasteiger partial charge in [0.05, 0.1) is 4.99 Å². The molecule has 6 aliphatic carbocycles. The van der Waals surface area contributed by atoms with Crippen LogP contribution in [0.1, 0.15) is 78.1 Å². The third-order valence-electron chi connectivity index (χ3n) is 9.10. The number of hydrogen-bond acceptors (Lipinski definition) is 2. The number of hydrogen-bond donors (Lipinski definition) is 2. The summed E-state index contributed by atoms with van der Waals surface area (Å²) in [5.41, 5.74) is 7.31. The van der Waals surface area contributed by atoms with Gasteiger partial charge in [0.15, 0.2) is 0 Å². The van der Waals surface area contributed by atoms with Crippen LogP contribution in [0.3, 0.4) is 0 Å². The second-order valence-corrected chi connectivity index (χ2v) is 12.1. The quantitative estimate of drug-likeness (QED) is 0.614. The van der Waals surface area contributed by atoms with Crippen molar-refractivity contribution in [2.24, 2.45) is 39.7 Å². The van der Waals surface area contributed by atoms with Crippen LogP contribution in [0.5, 0.6) is 0 Å². The summed E-state index contributed by atoms with van der Waals surface area (Å²) in [6.07, 6.45) is 22.4. The van der Waals surface area contributed by atoms with Gasteiger partial charge in [-0.3, -0.25) is 0 Å². The van der Waals surface area contributed by atoms with Crippen molar-refractivity contribution in [2.45, 2.75) is 90.1 Å². The topological polar surface area (TPSA) is 38.0 Å². The molecule has 0 spiro atoms. The molecule has 3 heteroatoms. The van der Waals surface area contributed by atoms with E-state index in [1.807, 2.05) is 0 Å². The van der Waals surface area contributed by atoms with Crippen LogP contribution in [0.15, 0.2) is 24.3 Å². The summed E-state index contributed by atoms with van der Waals surface area (Å²) in [4.78, 5) is 1.22. The van der Waals surface area contributed by atoms with E-state index in [0.29, 0.717) is 34.7 Å². The minimum Gasteiger partial charge on any atom is -0.376 e. The summed E-state index contributed by atoms with van der Waals surface area (Å²) >= 11 is 6.21. The first-order valence-electron chi connectivity index (χ1n) is 11.7.